The number of aromatic nitrogens is 1. The fourth-order valence-electron chi connectivity index (χ4n) is 1.23. The van der Waals surface area contributed by atoms with Gasteiger partial charge in [0.2, 0.25) is 0 Å². The SMILES string of the molecule is Cn1[c]cc2cccc(Br)c21. The first-order valence-corrected chi connectivity index (χ1v) is 4.20. The second-order valence-corrected chi connectivity index (χ2v) is 3.36. The van der Waals surface area contributed by atoms with Crippen LogP contribution in [0, 0.1) is 6.20 Å². The molecule has 0 saturated heterocycles. The van der Waals surface area contributed by atoms with Crippen LogP contribution in [0.4, 0.5) is 0 Å². The van der Waals surface area contributed by atoms with E-state index in [4.69, 9.17) is 0 Å². The largest absolute Gasteiger partial charge is 0.341 e. The monoisotopic (exact) mass is 208 g/mol. The lowest BCUT2D eigenvalue weighted by molar-refractivity contribution is 0.957. The van der Waals surface area contributed by atoms with Crippen molar-refractivity contribution in [2.75, 3.05) is 0 Å². The second kappa shape index (κ2) is 2.38. The summed E-state index contributed by atoms with van der Waals surface area (Å²) in [6.07, 6.45) is 3.10. The number of hydrogen-bond acceptors (Lipinski definition) is 0. The van der Waals surface area contributed by atoms with Crippen molar-refractivity contribution in [2.45, 2.75) is 0 Å². The third-order valence-corrected chi connectivity index (χ3v) is 2.41. The molecule has 0 bridgehead atoms. The average Bonchev–Trinajstić information content (AvgIpc) is 2.34. The van der Waals surface area contributed by atoms with Crippen LogP contribution in [0.25, 0.3) is 10.9 Å². The van der Waals surface area contributed by atoms with Gasteiger partial charge in [-0.25, -0.2) is 0 Å². The molecule has 2 heteroatoms. The Bertz CT molecular complexity index is 389. The van der Waals surface area contributed by atoms with Crippen LogP contribution in [-0.4, -0.2) is 4.57 Å². The fraction of sp³-hybridized carbons (Fsp3) is 0.111. The number of para-hydroxylation sites is 1. The number of nitrogens with zero attached hydrogens (tertiary/aromatic N) is 1. The third kappa shape index (κ3) is 0.979. The van der Waals surface area contributed by atoms with Crippen LogP contribution in [0.2, 0.25) is 0 Å². The predicted octanol–water partition coefficient (Wildman–Crippen LogP) is 2.74. The van der Waals surface area contributed by atoms with Crippen molar-refractivity contribution in [1.29, 1.82) is 0 Å². The third-order valence-electron chi connectivity index (χ3n) is 1.77. The summed E-state index contributed by atoms with van der Waals surface area (Å²) >= 11 is 3.49. The number of halogens is 1. The molecular weight excluding hydrogens is 202 g/mol. The molecule has 1 heterocycles. The number of hydrogen-bond donors (Lipinski definition) is 0. The Balaban J connectivity index is 2.96. The molecule has 0 aliphatic carbocycles. The van der Waals surface area contributed by atoms with E-state index in [0.717, 1.165) is 4.47 Å². The van der Waals surface area contributed by atoms with Gasteiger partial charge in [0.05, 0.1) is 11.7 Å². The van der Waals surface area contributed by atoms with Crippen LogP contribution in [0.1, 0.15) is 0 Å². The van der Waals surface area contributed by atoms with E-state index in [-0.39, 0.29) is 0 Å². The van der Waals surface area contributed by atoms with E-state index in [2.05, 4.69) is 28.2 Å². The van der Waals surface area contributed by atoms with Crippen molar-refractivity contribution in [3.63, 3.8) is 0 Å². The molecule has 2 aromatic rings. The molecular formula is C9H7BrN. The molecule has 0 aliphatic rings. The van der Waals surface area contributed by atoms with Gasteiger partial charge in [-0.05, 0) is 28.1 Å². The highest BCUT2D eigenvalue weighted by Gasteiger charge is 2.00. The summed E-state index contributed by atoms with van der Waals surface area (Å²) in [5, 5.41) is 1.22. The highest BCUT2D eigenvalue weighted by atomic mass is 79.9. The van der Waals surface area contributed by atoms with Gasteiger partial charge in [-0.15, -0.1) is 0 Å². The summed E-state index contributed by atoms with van der Waals surface area (Å²) in [7, 11) is 1.99. The summed E-state index contributed by atoms with van der Waals surface area (Å²) in [4.78, 5) is 0. The van der Waals surface area contributed by atoms with Gasteiger partial charge in [0.1, 0.15) is 0 Å². The van der Waals surface area contributed by atoms with Gasteiger partial charge in [0, 0.05) is 16.9 Å². The Morgan fingerprint density at radius 3 is 3.00 bits per heavy atom. The summed E-state index contributed by atoms with van der Waals surface area (Å²) in [6, 6.07) is 8.13. The lowest BCUT2D eigenvalue weighted by Crippen LogP contribution is -1.84. The van der Waals surface area contributed by atoms with Gasteiger partial charge in [0.15, 0.2) is 0 Å². The number of benzene rings is 1. The van der Waals surface area contributed by atoms with Crippen LogP contribution < -0.4 is 0 Å². The molecule has 0 N–H and O–H groups in total. The molecule has 0 aliphatic heterocycles. The first kappa shape index (κ1) is 6.92. The summed E-state index contributed by atoms with van der Waals surface area (Å²) < 4.78 is 3.11. The van der Waals surface area contributed by atoms with E-state index in [1.165, 1.54) is 10.9 Å². The minimum absolute atomic E-state index is 1.12. The van der Waals surface area contributed by atoms with E-state index in [9.17, 15) is 0 Å². The zero-order valence-electron chi connectivity index (χ0n) is 6.13. The molecule has 0 spiro atoms. The van der Waals surface area contributed by atoms with E-state index in [1.54, 1.807) is 0 Å². The van der Waals surface area contributed by atoms with Gasteiger partial charge < -0.3 is 4.57 Å². The van der Waals surface area contributed by atoms with Gasteiger partial charge in [0.25, 0.3) is 0 Å². The molecule has 0 saturated carbocycles. The Morgan fingerprint density at radius 1 is 1.45 bits per heavy atom. The van der Waals surface area contributed by atoms with Crippen molar-refractivity contribution >= 4 is 26.8 Å². The lowest BCUT2D eigenvalue weighted by atomic mass is 10.2. The van der Waals surface area contributed by atoms with E-state index >= 15 is 0 Å². The molecule has 55 valence electrons. The highest BCUT2D eigenvalue weighted by molar-refractivity contribution is 9.10. The number of rotatable bonds is 0. The van der Waals surface area contributed by atoms with Crippen LogP contribution in [0.3, 0.4) is 0 Å². The lowest BCUT2D eigenvalue weighted by Gasteiger charge is -1.97. The molecule has 2 rings (SSSR count). The van der Waals surface area contributed by atoms with Crippen LogP contribution in [0.15, 0.2) is 28.7 Å². The molecule has 0 amide bonds. The summed E-state index contributed by atoms with van der Waals surface area (Å²) in [6.45, 7) is 0. The Morgan fingerprint density at radius 2 is 2.27 bits per heavy atom. The van der Waals surface area contributed by atoms with E-state index < -0.39 is 0 Å². The maximum atomic E-state index is 3.49. The molecule has 1 radical (unpaired) electrons. The van der Waals surface area contributed by atoms with Crippen LogP contribution in [0.5, 0.6) is 0 Å². The van der Waals surface area contributed by atoms with Gasteiger partial charge in [-0.3, -0.25) is 0 Å². The molecule has 0 atom stereocenters. The standard InChI is InChI=1S/C9H7BrN/c1-11-6-5-7-3-2-4-8(10)9(7)11/h2-5H,1H3. The predicted molar refractivity (Wildman–Crippen MR) is 49.5 cm³/mol. The maximum Gasteiger partial charge on any atom is 0.0656 e. The number of aryl methyl sites for hydroxylation is 1. The van der Waals surface area contributed by atoms with Crippen molar-refractivity contribution in [3.8, 4) is 0 Å². The first-order chi connectivity index (χ1) is 5.29. The van der Waals surface area contributed by atoms with Gasteiger partial charge in [-0.2, -0.15) is 0 Å². The van der Waals surface area contributed by atoms with Crippen LogP contribution >= 0.6 is 15.9 Å². The van der Waals surface area contributed by atoms with E-state index in [1.807, 2.05) is 29.8 Å². The van der Waals surface area contributed by atoms with Gasteiger partial charge in [-0.1, -0.05) is 12.1 Å². The number of fused-ring (bicyclic) bond motifs is 1. The maximum absolute atomic E-state index is 3.49. The molecule has 1 aromatic carbocycles. The van der Waals surface area contributed by atoms with Crippen molar-refractivity contribution < 1.29 is 0 Å². The minimum atomic E-state index is 1.12. The Hall–Kier alpha value is -0.760. The summed E-state index contributed by atoms with van der Waals surface area (Å²) in [5.74, 6) is 0. The van der Waals surface area contributed by atoms with E-state index in [0.29, 0.717) is 0 Å². The molecule has 1 nitrogen and oxygen atoms in total. The first-order valence-electron chi connectivity index (χ1n) is 3.40. The summed E-state index contributed by atoms with van der Waals surface area (Å²) in [5.41, 5.74) is 1.20. The highest BCUT2D eigenvalue weighted by Crippen LogP contribution is 2.23. The zero-order valence-corrected chi connectivity index (χ0v) is 7.72. The zero-order chi connectivity index (χ0) is 7.84. The fourth-order valence-corrected chi connectivity index (χ4v) is 1.88. The minimum Gasteiger partial charge on any atom is -0.341 e. The van der Waals surface area contributed by atoms with Crippen molar-refractivity contribution in [2.24, 2.45) is 7.05 Å². The smallest absolute Gasteiger partial charge is 0.0656 e. The average molecular weight is 209 g/mol. The molecule has 0 unspecified atom stereocenters. The van der Waals surface area contributed by atoms with Gasteiger partial charge >= 0.3 is 0 Å². The van der Waals surface area contributed by atoms with Crippen LogP contribution in [-0.2, 0) is 7.05 Å². The molecule has 0 fully saturated rings. The normalized spacial score (nSPS) is 10.7. The Kier molecular flexibility index (Phi) is 1.50. The molecule has 1 aromatic heterocycles. The molecule has 11 heavy (non-hydrogen) atoms. The van der Waals surface area contributed by atoms with Crippen molar-refractivity contribution in [3.05, 3.63) is 34.9 Å². The second-order valence-electron chi connectivity index (χ2n) is 2.51. The Labute approximate surface area is 73.8 Å². The topological polar surface area (TPSA) is 4.93 Å². The van der Waals surface area contributed by atoms with Crippen molar-refractivity contribution in [1.82, 2.24) is 4.57 Å². The quantitative estimate of drug-likeness (QED) is 0.628.